The molecule has 0 bridgehead atoms. The molecule has 0 fully saturated rings. The predicted molar refractivity (Wildman–Crippen MR) is 149 cm³/mol. The first-order chi connectivity index (χ1) is 19.8. The van der Waals surface area contributed by atoms with Crippen LogP contribution in [0.25, 0.3) is 0 Å². The number of hydrogen-bond acceptors (Lipinski definition) is 9. The summed E-state index contributed by atoms with van der Waals surface area (Å²) in [5.74, 6) is -4.63. The molecule has 0 heterocycles. The molecule has 13 nitrogen and oxygen atoms in total. The first kappa shape index (κ1) is 31.1. The van der Waals surface area contributed by atoms with Crippen LogP contribution in [-0.2, 0) is 38.4 Å². The van der Waals surface area contributed by atoms with E-state index < -0.39 is 59.0 Å². The van der Waals surface area contributed by atoms with Gasteiger partial charge in [-0.15, -0.1) is 0 Å². The fourth-order valence-corrected chi connectivity index (χ4v) is 4.16. The van der Waals surface area contributed by atoms with Crippen molar-refractivity contribution >= 4 is 23.6 Å². The Kier molecular flexibility index (Phi) is 10.2. The molecule has 222 valence electrons. The molecule has 3 rings (SSSR count). The number of carbonyl (C=O) groups is 4. The van der Waals surface area contributed by atoms with E-state index in [0.717, 1.165) is 0 Å². The van der Waals surface area contributed by atoms with Crippen molar-refractivity contribution in [1.82, 2.24) is 16.0 Å². The fraction of sp³-hybridized carbons (Fsp3) is 0.241. The number of carbonyl (C=O) groups excluding carboxylic acids is 4. The van der Waals surface area contributed by atoms with Crippen LogP contribution in [0.5, 0.6) is 28.7 Å². The van der Waals surface area contributed by atoms with Crippen LogP contribution in [0, 0.1) is 0 Å². The topological polar surface area (TPSA) is 232 Å². The van der Waals surface area contributed by atoms with Crippen molar-refractivity contribution < 1.29 is 44.7 Å². The van der Waals surface area contributed by atoms with E-state index in [-0.39, 0.29) is 30.8 Å². The highest BCUT2D eigenvalue weighted by molar-refractivity contribution is 5.94. The SMILES string of the molecule is CC(=O)N[C@@H](Cc1ccc(O)c(O)c1)C(=O)N[C@@H](Cc1ccc(O)c(O)c1)C(=O)N[C@@H](Cc1ccc(O)cc1)C(N)=O. The molecule has 0 saturated carbocycles. The third-order valence-corrected chi connectivity index (χ3v) is 6.32. The second-order valence-electron chi connectivity index (χ2n) is 9.70. The number of amides is 4. The van der Waals surface area contributed by atoms with Crippen molar-refractivity contribution in [3.8, 4) is 28.7 Å². The molecule has 0 spiro atoms. The maximum atomic E-state index is 13.4. The van der Waals surface area contributed by atoms with E-state index in [4.69, 9.17) is 5.73 Å². The highest BCUT2D eigenvalue weighted by Crippen LogP contribution is 2.26. The van der Waals surface area contributed by atoms with Gasteiger partial charge in [-0.2, -0.15) is 0 Å². The van der Waals surface area contributed by atoms with E-state index >= 15 is 0 Å². The lowest BCUT2D eigenvalue weighted by Gasteiger charge is -2.25. The molecule has 3 aromatic carbocycles. The van der Waals surface area contributed by atoms with Crippen LogP contribution in [0.1, 0.15) is 23.6 Å². The Bertz CT molecular complexity index is 1460. The van der Waals surface area contributed by atoms with E-state index in [1.807, 2.05) is 0 Å². The largest absolute Gasteiger partial charge is 0.508 e. The maximum Gasteiger partial charge on any atom is 0.243 e. The number of rotatable bonds is 12. The molecule has 4 amide bonds. The zero-order valence-electron chi connectivity index (χ0n) is 22.6. The molecule has 0 radical (unpaired) electrons. The van der Waals surface area contributed by atoms with Gasteiger partial charge in [-0.3, -0.25) is 19.2 Å². The Hall–Kier alpha value is -5.46. The smallest absolute Gasteiger partial charge is 0.243 e. The van der Waals surface area contributed by atoms with Gasteiger partial charge in [0.15, 0.2) is 23.0 Å². The Morgan fingerprint density at radius 1 is 0.595 bits per heavy atom. The van der Waals surface area contributed by atoms with Gasteiger partial charge in [-0.05, 0) is 53.1 Å². The van der Waals surface area contributed by atoms with Crippen molar-refractivity contribution in [2.75, 3.05) is 0 Å². The van der Waals surface area contributed by atoms with Gasteiger partial charge in [0, 0.05) is 26.2 Å². The number of nitrogens with one attached hydrogen (secondary N) is 3. The number of hydrogen-bond donors (Lipinski definition) is 9. The minimum Gasteiger partial charge on any atom is -0.508 e. The summed E-state index contributed by atoms with van der Waals surface area (Å²) >= 11 is 0. The molecule has 0 aliphatic rings. The van der Waals surface area contributed by atoms with Gasteiger partial charge in [0.1, 0.15) is 23.9 Å². The normalized spacial score (nSPS) is 12.9. The molecule has 42 heavy (non-hydrogen) atoms. The lowest BCUT2D eigenvalue weighted by Crippen LogP contribution is -2.57. The van der Waals surface area contributed by atoms with Crippen LogP contribution in [-0.4, -0.2) is 67.3 Å². The monoisotopic (exact) mass is 580 g/mol. The molecular weight excluding hydrogens is 548 g/mol. The van der Waals surface area contributed by atoms with Crippen LogP contribution in [0.3, 0.4) is 0 Å². The molecule has 0 aliphatic heterocycles. The molecular formula is C29H32N4O9. The summed E-state index contributed by atoms with van der Waals surface area (Å²) in [6.07, 6.45) is -0.317. The van der Waals surface area contributed by atoms with Gasteiger partial charge in [0.25, 0.3) is 0 Å². The fourth-order valence-electron chi connectivity index (χ4n) is 4.16. The minimum atomic E-state index is -1.34. The zero-order chi connectivity index (χ0) is 31.0. The van der Waals surface area contributed by atoms with E-state index in [0.29, 0.717) is 16.7 Å². The van der Waals surface area contributed by atoms with Crippen LogP contribution < -0.4 is 21.7 Å². The third kappa shape index (κ3) is 8.78. The molecule has 0 aromatic heterocycles. The highest BCUT2D eigenvalue weighted by Gasteiger charge is 2.29. The quantitative estimate of drug-likeness (QED) is 0.133. The van der Waals surface area contributed by atoms with Crippen molar-refractivity contribution in [2.24, 2.45) is 5.73 Å². The summed E-state index contributed by atoms with van der Waals surface area (Å²) < 4.78 is 0. The summed E-state index contributed by atoms with van der Waals surface area (Å²) in [4.78, 5) is 50.9. The lowest BCUT2D eigenvalue weighted by atomic mass is 10.0. The summed E-state index contributed by atoms with van der Waals surface area (Å²) in [5.41, 5.74) is 6.86. The number of phenols is 5. The molecule has 0 aliphatic carbocycles. The number of nitrogens with two attached hydrogens (primary N) is 1. The van der Waals surface area contributed by atoms with E-state index in [2.05, 4.69) is 16.0 Å². The molecule has 3 atom stereocenters. The second-order valence-corrected chi connectivity index (χ2v) is 9.70. The zero-order valence-corrected chi connectivity index (χ0v) is 22.6. The summed E-state index contributed by atoms with van der Waals surface area (Å²) in [6.45, 7) is 1.19. The van der Waals surface area contributed by atoms with E-state index in [1.165, 1.54) is 55.5 Å². The van der Waals surface area contributed by atoms with Crippen molar-refractivity contribution in [2.45, 2.75) is 44.3 Å². The maximum absolute atomic E-state index is 13.4. The van der Waals surface area contributed by atoms with Crippen molar-refractivity contribution in [3.05, 3.63) is 77.4 Å². The van der Waals surface area contributed by atoms with Crippen LogP contribution >= 0.6 is 0 Å². The first-order valence-electron chi connectivity index (χ1n) is 12.8. The Morgan fingerprint density at radius 3 is 1.43 bits per heavy atom. The number of primary amides is 1. The standard InChI is InChI=1S/C29H32N4O9/c1-15(34)31-21(11-17-4-8-23(36)25(38)13-17)28(41)33-22(12-18-5-9-24(37)26(39)14-18)29(42)32-20(27(30)40)10-16-2-6-19(35)7-3-16/h2-9,13-14,20-22,35-39H,10-12H2,1H3,(H2,30,40)(H,31,34)(H,32,42)(H,33,41)/t20-,21-,22-/m0/s1. The van der Waals surface area contributed by atoms with Crippen LogP contribution in [0.15, 0.2) is 60.7 Å². The molecule has 0 saturated heterocycles. The van der Waals surface area contributed by atoms with Crippen molar-refractivity contribution in [1.29, 1.82) is 0 Å². The van der Waals surface area contributed by atoms with Crippen LogP contribution in [0.4, 0.5) is 0 Å². The van der Waals surface area contributed by atoms with E-state index in [1.54, 1.807) is 12.1 Å². The molecule has 0 unspecified atom stereocenters. The summed E-state index contributed by atoms with van der Waals surface area (Å²) in [7, 11) is 0. The van der Waals surface area contributed by atoms with E-state index in [9.17, 15) is 44.7 Å². The predicted octanol–water partition coefficient (Wildman–Crippen LogP) is 0.202. The first-order valence-corrected chi connectivity index (χ1v) is 12.8. The summed E-state index contributed by atoms with van der Waals surface area (Å²) in [5, 5.41) is 56.1. The van der Waals surface area contributed by atoms with Gasteiger partial charge >= 0.3 is 0 Å². The third-order valence-electron chi connectivity index (χ3n) is 6.32. The number of phenolic OH excluding ortho intramolecular Hbond substituents is 5. The van der Waals surface area contributed by atoms with Crippen LogP contribution in [0.2, 0.25) is 0 Å². The van der Waals surface area contributed by atoms with Crippen molar-refractivity contribution in [3.63, 3.8) is 0 Å². The summed E-state index contributed by atoms with van der Waals surface area (Å²) in [6, 6.07) is 9.90. The molecule has 3 aromatic rings. The lowest BCUT2D eigenvalue weighted by molar-refractivity contribution is -0.133. The second kappa shape index (κ2) is 13.7. The number of aromatic hydroxyl groups is 5. The Balaban J connectivity index is 1.87. The average Bonchev–Trinajstić information content (AvgIpc) is 2.92. The van der Waals surface area contributed by atoms with Gasteiger partial charge in [0.05, 0.1) is 0 Å². The van der Waals surface area contributed by atoms with Gasteiger partial charge in [0.2, 0.25) is 23.6 Å². The average molecular weight is 581 g/mol. The number of benzene rings is 3. The van der Waals surface area contributed by atoms with Gasteiger partial charge < -0.3 is 47.2 Å². The van der Waals surface area contributed by atoms with Gasteiger partial charge in [-0.25, -0.2) is 0 Å². The Morgan fingerprint density at radius 2 is 1.00 bits per heavy atom. The Labute approximate surface area is 240 Å². The minimum absolute atomic E-state index is 0.00887. The molecule has 13 heteroatoms. The highest BCUT2D eigenvalue weighted by atomic mass is 16.3. The van der Waals surface area contributed by atoms with Gasteiger partial charge in [-0.1, -0.05) is 24.3 Å². The molecule has 10 N–H and O–H groups in total.